The molecule has 26 heavy (non-hydrogen) atoms. The molecule has 5 heteroatoms. The molecule has 0 atom stereocenters. The number of aromatic amines is 1. The fourth-order valence-electron chi connectivity index (χ4n) is 4.45. The first kappa shape index (κ1) is 15.6. The lowest BCUT2D eigenvalue weighted by Gasteiger charge is -2.39. The molecule has 1 aliphatic carbocycles. The number of aryl methyl sites for hydroxylation is 1. The van der Waals surface area contributed by atoms with Crippen LogP contribution in [0.1, 0.15) is 35.4 Å². The number of fused-ring (bicyclic) bond motifs is 3. The Balaban J connectivity index is 1.34. The van der Waals surface area contributed by atoms with Crippen molar-refractivity contribution in [2.75, 3.05) is 13.1 Å². The highest BCUT2D eigenvalue weighted by Crippen LogP contribution is 2.43. The molecule has 0 radical (unpaired) electrons. The van der Waals surface area contributed by atoms with Gasteiger partial charge in [-0.3, -0.25) is 14.8 Å². The molecule has 132 valence electrons. The third-order valence-corrected chi connectivity index (χ3v) is 5.84. The first-order chi connectivity index (χ1) is 12.6. The number of nitrogens with one attached hydrogen (secondary N) is 1. The molecule has 0 unspecified atom stereocenters. The maximum Gasteiger partial charge on any atom is 0.272 e. The summed E-state index contributed by atoms with van der Waals surface area (Å²) in [5.41, 5.74) is 5.49. The Bertz CT molecular complexity index is 1070. The predicted molar refractivity (Wildman–Crippen MR) is 102 cm³/mol. The zero-order valence-corrected chi connectivity index (χ0v) is 14.9. The van der Waals surface area contributed by atoms with E-state index in [1.807, 2.05) is 13.0 Å². The Labute approximate surface area is 152 Å². The zero-order valence-electron chi connectivity index (χ0n) is 14.9. The van der Waals surface area contributed by atoms with Crippen LogP contribution in [0.25, 0.3) is 11.7 Å². The zero-order chi connectivity index (χ0) is 17.7. The van der Waals surface area contributed by atoms with Crippen molar-refractivity contribution < 1.29 is 0 Å². The van der Waals surface area contributed by atoms with E-state index in [9.17, 15) is 4.79 Å². The van der Waals surface area contributed by atoms with Crippen LogP contribution in [0, 0.1) is 6.92 Å². The van der Waals surface area contributed by atoms with E-state index in [1.165, 1.54) is 15.6 Å². The molecule has 1 saturated heterocycles. The molecule has 1 aromatic carbocycles. The molecular formula is C21H22N4O. The van der Waals surface area contributed by atoms with Gasteiger partial charge in [-0.25, -0.2) is 9.50 Å². The van der Waals surface area contributed by atoms with Crippen LogP contribution in [-0.4, -0.2) is 32.6 Å². The summed E-state index contributed by atoms with van der Waals surface area (Å²) in [6.07, 6.45) is 6.90. The summed E-state index contributed by atoms with van der Waals surface area (Å²) >= 11 is 0. The molecule has 2 aliphatic rings. The molecule has 1 aliphatic heterocycles. The lowest BCUT2D eigenvalue weighted by Crippen LogP contribution is -2.40. The molecule has 1 N–H and O–H groups in total. The second-order valence-electron chi connectivity index (χ2n) is 7.57. The van der Waals surface area contributed by atoms with Crippen LogP contribution in [0.4, 0.5) is 0 Å². The van der Waals surface area contributed by atoms with Crippen LogP contribution >= 0.6 is 0 Å². The largest absolute Gasteiger partial charge is 0.297 e. The number of H-pyrrole nitrogens is 1. The summed E-state index contributed by atoms with van der Waals surface area (Å²) in [7, 11) is 0. The minimum atomic E-state index is -0.0424. The van der Waals surface area contributed by atoms with Gasteiger partial charge in [-0.1, -0.05) is 36.4 Å². The summed E-state index contributed by atoms with van der Waals surface area (Å²) in [6.45, 7) is 4.71. The first-order valence-electron chi connectivity index (χ1n) is 9.22. The molecule has 0 bridgehead atoms. The van der Waals surface area contributed by atoms with E-state index < -0.39 is 0 Å². The van der Waals surface area contributed by atoms with E-state index in [0.29, 0.717) is 5.65 Å². The lowest BCUT2D eigenvalue weighted by atomic mass is 9.74. The molecule has 3 aromatic rings. The number of aromatic nitrogens is 3. The fraction of sp³-hybridized carbons (Fsp3) is 0.333. The Kier molecular flexibility index (Phi) is 3.40. The monoisotopic (exact) mass is 346 g/mol. The number of hydrogen-bond donors (Lipinski definition) is 1. The Morgan fingerprint density at radius 2 is 2.00 bits per heavy atom. The van der Waals surface area contributed by atoms with Gasteiger partial charge in [-0.2, -0.15) is 0 Å². The molecule has 3 heterocycles. The van der Waals surface area contributed by atoms with Crippen LogP contribution in [0.5, 0.6) is 0 Å². The first-order valence-corrected chi connectivity index (χ1v) is 9.22. The minimum Gasteiger partial charge on any atom is -0.297 e. The van der Waals surface area contributed by atoms with Crippen LogP contribution < -0.4 is 5.56 Å². The average molecular weight is 346 g/mol. The second-order valence-corrected chi connectivity index (χ2v) is 7.57. The van der Waals surface area contributed by atoms with Crippen LogP contribution in [0.2, 0.25) is 0 Å². The summed E-state index contributed by atoms with van der Waals surface area (Å²) in [5, 5.41) is 3.02. The Hall–Kier alpha value is -2.66. The lowest BCUT2D eigenvalue weighted by molar-refractivity contribution is 0.175. The summed E-state index contributed by atoms with van der Waals surface area (Å²) in [6, 6.07) is 12.3. The van der Waals surface area contributed by atoms with Crippen molar-refractivity contribution in [2.45, 2.75) is 31.7 Å². The molecule has 5 nitrogen and oxygen atoms in total. The van der Waals surface area contributed by atoms with Gasteiger partial charge in [0.2, 0.25) is 0 Å². The van der Waals surface area contributed by atoms with Gasteiger partial charge in [0.15, 0.2) is 5.65 Å². The Morgan fingerprint density at radius 3 is 2.85 bits per heavy atom. The van der Waals surface area contributed by atoms with Gasteiger partial charge in [0.25, 0.3) is 5.56 Å². The van der Waals surface area contributed by atoms with E-state index in [2.05, 4.69) is 51.4 Å². The minimum absolute atomic E-state index is 0.0424. The highest BCUT2D eigenvalue weighted by molar-refractivity contribution is 5.65. The number of allylic oxidation sites excluding steroid dienone is 1. The number of rotatable bonds is 2. The van der Waals surface area contributed by atoms with E-state index in [0.717, 1.165) is 43.9 Å². The maximum atomic E-state index is 12.3. The van der Waals surface area contributed by atoms with E-state index in [1.54, 1.807) is 6.07 Å². The number of hydrogen-bond acceptors (Lipinski definition) is 3. The summed E-state index contributed by atoms with van der Waals surface area (Å²) in [5.74, 6) is 0. The molecule has 2 aromatic heterocycles. The smallest absolute Gasteiger partial charge is 0.272 e. The SMILES string of the molecule is Cc1cc2nc(CN3CCC4(C=Cc5ccccc54)CC3)cc(=O)n2[nH]1. The average Bonchev–Trinajstić information content (AvgIpc) is 3.19. The molecule has 1 spiro atoms. The van der Waals surface area contributed by atoms with Gasteiger partial charge in [0.05, 0.1) is 5.69 Å². The van der Waals surface area contributed by atoms with Gasteiger partial charge >= 0.3 is 0 Å². The number of benzene rings is 1. The van der Waals surface area contributed by atoms with Gasteiger partial charge < -0.3 is 0 Å². The predicted octanol–water partition coefficient (Wildman–Crippen LogP) is 2.89. The quantitative estimate of drug-likeness (QED) is 0.776. The maximum absolute atomic E-state index is 12.3. The molecule has 0 saturated carbocycles. The topological polar surface area (TPSA) is 53.4 Å². The molecular weight excluding hydrogens is 324 g/mol. The van der Waals surface area contributed by atoms with Crippen LogP contribution in [-0.2, 0) is 12.0 Å². The number of piperidine rings is 1. The number of likely N-dealkylation sites (tertiary alicyclic amines) is 1. The third kappa shape index (κ3) is 2.42. The van der Waals surface area contributed by atoms with Crippen molar-refractivity contribution >= 4 is 11.7 Å². The van der Waals surface area contributed by atoms with Crippen molar-refractivity contribution in [1.29, 1.82) is 0 Å². The molecule has 5 rings (SSSR count). The van der Waals surface area contributed by atoms with Crippen LogP contribution in [0.15, 0.2) is 47.3 Å². The third-order valence-electron chi connectivity index (χ3n) is 5.84. The Morgan fingerprint density at radius 1 is 1.19 bits per heavy atom. The number of nitrogens with zero attached hydrogens (tertiary/aromatic N) is 3. The van der Waals surface area contributed by atoms with E-state index >= 15 is 0 Å². The standard InChI is InChI=1S/C21H22N4O/c1-15-12-19-22-17(13-20(26)25(19)23-15)14-24-10-8-21(9-11-24)7-6-16-4-2-3-5-18(16)21/h2-7,12-13,23H,8-11,14H2,1H3. The van der Waals surface area contributed by atoms with E-state index in [-0.39, 0.29) is 11.0 Å². The van der Waals surface area contributed by atoms with Crippen molar-refractivity contribution in [3.8, 4) is 0 Å². The molecule has 0 amide bonds. The summed E-state index contributed by atoms with van der Waals surface area (Å²) < 4.78 is 1.50. The summed E-state index contributed by atoms with van der Waals surface area (Å²) in [4.78, 5) is 19.3. The second kappa shape index (κ2) is 5.68. The van der Waals surface area contributed by atoms with Crippen molar-refractivity contribution in [1.82, 2.24) is 19.5 Å². The highest BCUT2D eigenvalue weighted by atomic mass is 16.1. The fourth-order valence-corrected chi connectivity index (χ4v) is 4.45. The van der Waals surface area contributed by atoms with Crippen molar-refractivity contribution in [3.63, 3.8) is 0 Å². The normalized spacial score (nSPS) is 18.7. The van der Waals surface area contributed by atoms with Crippen LogP contribution in [0.3, 0.4) is 0 Å². The molecule has 1 fully saturated rings. The van der Waals surface area contributed by atoms with Gasteiger partial charge in [-0.05, 0) is 44.0 Å². The van der Waals surface area contributed by atoms with E-state index in [4.69, 9.17) is 0 Å². The van der Waals surface area contributed by atoms with Gasteiger partial charge in [0, 0.05) is 29.8 Å². The highest BCUT2D eigenvalue weighted by Gasteiger charge is 2.37. The van der Waals surface area contributed by atoms with Crippen molar-refractivity contribution in [2.24, 2.45) is 0 Å². The van der Waals surface area contributed by atoms with Crippen molar-refractivity contribution in [3.05, 3.63) is 75.3 Å². The van der Waals surface area contributed by atoms with Gasteiger partial charge in [-0.15, -0.1) is 0 Å². The van der Waals surface area contributed by atoms with Gasteiger partial charge in [0.1, 0.15) is 0 Å².